The van der Waals surface area contributed by atoms with Crippen LogP contribution in [-0.2, 0) is 4.79 Å². The number of halogens is 1. The second-order valence-electron chi connectivity index (χ2n) is 2.70. The summed E-state index contributed by atoms with van der Waals surface area (Å²) in [7, 11) is 0. The van der Waals surface area contributed by atoms with E-state index in [4.69, 9.17) is 16.7 Å². The van der Waals surface area contributed by atoms with Crippen LogP contribution < -0.4 is 0 Å². The Bertz CT molecular complexity index is 455. The second kappa shape index (κ2) is 5.31. The number of carboxylic acids is 1. The molecule has 0 saturated heterocycles. The Hall–Kier alpha value is -1.62. The number of H-pyrrole nitrogens is 1. The fourth-order valence-corrected chi connectivity index (χ4v) is 0.980. The summed E-state index contributed by atoms with van der Waals surface area (Å²) < 4.78 is 0. The zero-order chi connectivity index (χ0) is 11.3. The van der Waals surface area contributed by atoms with Crippen LogP contribution in [0.4, 0.5) is 0 Å². The van der Waals surface area contributed by atoms with Crippen molar-refractivity contribution in [1.82, 2.24) is 15.4 Å². The number of fused-ring (bicyclic) bond motifs is 1. The smallest absolute Gasteiger partial charge is 0.303 e. The molecule has 0 fully saturated rings. The first-order valence-electron chi connectivity index (χ1n) is 4.31. The van der Waals surface area contributed by atoms with E-state index in [1.165, 1.54) is 0 Å². The molecule has 1 aromatic carbocycles. The zero-order valence-electron chi connectivity index (χ0n) is 8.07. The van der Waals surface area contributed by atoms with Gasteiger partial charge in [-0.05, 0) is 18.2 Å². The molecule has 2 rings (SSSR count). The molecule has 1 heterocycles. The average molecular weight is 228 g/mol. The molecular weight excluding hydrogens is 218 g/mol. The van der Waals surface area contributed by atoms with Gasteiger partial charge in [-0.2, -0.15) is 15.4 Å². The molecule has 0 aliphatic carbocycles. The zero-order valence-corrected chi connectivity index (χ0v) is 8.82. The molecule has 0 aliphatic heterocycles. The van der Waals surface area contributed by atoms with Gasteiger partial charge in [0.1, 0.15) is 11.0 Å². The SMILES string of the molecule is CCC(=O)O.Clc1ccc2n[nH]nc2c1. The third kappa shape index (κ3) is 3.55. The minimum absolute atomic E-state index is 0.222. The fourth-order valence-electron chi connectivity index (χ4n) is 0.813. The monoisotopic (exact) mass is 227 g/mol. The van der Waals surface area contributed by atoms with Crippen LogP contribution >= 0.6 is 11.6 Å². The van der Waals surface area contributed by atoms with Gasteiger partial charge in [-0.1, -0.05) is 18.5 Å². The van der Waals surface area contributed by atoms with Gasteiger partial charge in [0.2, 0.25) is 0 Å². The van der Waals surface area contributed by atoms with Gasteiger partial charge in [0.05, 0.1) is 0 Å². The molecule has 0 aliphatic rings. The number of carbonyl (C=O) groups is 1. The van der Waals surface area contributed by atoms with Gasteiger partial charge in [0.15, 0.2) is 0 Å². The summed E-state index contributed by atoms with van der Waals surface area (Å²) in [4.78, 5) is 9.37. The van der Waals surface area contributed by atoms with E-state index in [1.807, 2.05) is 6.07 Å². The van der Waals surface area contributed by atoms with Crippen molar-refractivity contribution in [1.29, 1.82) is 0 Å². The number of benzene rings is 1. The summed E-state index contributed by atoms with van der Waals surface area (Å²) in [6, 6.07) is 5.37. The van der Waals surface area contributed by atoms with Crippen LogP contribution in [0.3, 0.4) is 0 Å². The lowest BCUT2D eigenvalue weighted by molar-refractivity contribution is -0.136. The van der Waals surface area contributed by atoms with E-state index < -0.39 is 5.97 Å². The van der Waals surface area contributed by atoms with E-state index in [0.717, 1.165) is 11.0 Å². The maximum atomic E-state index is 9.37. The molecular formula is C9H10ClN3O2. The standard InChI is InChI=1S/C6H4ClN3.C3H6O2/c7-4-1-2-5-6(3-4)9-10-8-5;1-2-3(4)5/h1-3H,(H,8,9,10);2H2,1H3,(H,4,5). The first-order valence-corrected chi connectivity index (χ1v) is 4.69. The van der Waals surface area contributed by atoms with Crippen molar-refractivity contribution in [2.24, 2.45) is 0 Å². The number of carboxylic acid groups (broad SMARTS) is 1. The summed E-state index contributed by atoms with van der Waals surface area (Å²) >= 11 is 5.69. The van der Waals surface area contributed by atoms with Gasteiger partial charge in [-0.3, -0.25) is 4.79 Å². The van der Waals surface area contributed by atoms with Gasteiger partial charge >= 0.3 is 5.97 Å². The normalized spacial score (nSPS) is 9.47. The summed E-state index contributed by atoms with van der Waals surface area (Å²) in [5.41, 5.74) is 1.64. The highest BCUT2D eigenvalue weighted by Gasteiger charge is 1.95. The molecule has 15 heavy (non-hydrogen) atoms. The summed E-state index contributed by atoms with van der Waals surface area (Å²) in [5.74, 6) is -0.745. The Morgan fingerprint density at radius 1 is 1.47 bits per heavy atom. The first kappa shape index (κ1) is 11.5. The van der Waals surface area contributed by atoms with Gasteiger partial charge in [0.25, 0.3) is 0 Å². The van der Waals surface area contributed by atoms with Crippen molar-refractivity contribution < 1.29 is 9.90 Å². The van der Waals surface area contributed by atoms with Crippen LogP contribution in [0.1, 0.15) is 13.3 Å². The Morgan fingerprint density at radius 3 is 2.67 bits per heavy atom. The minimum Gasteiger partial charge on any atom is -0.481 e. The third-order valence-electron chi connectivity index (χ3n) is 1.58. The van der Waals surface area contributed by atoms with Crippen LogP contribution in [0, 0.1) is 0 Å². The third-order valence-corrected chi connectivity index (χ3v) is 1.82. The van der Waals surface area contributed by atoms with Crippen LogP contribution in [0.15, 0.2) is 18.2 Å². The van der Waals surface area contributed by atoms with Gasteiger partial charge in [0, 0.05) is 11.4 Å². The van der Waals surface area contributed by atoms with Crippen molar-refractivity contribution in [2.45, 2.75) is 13.3 Å². The van der Waals surface area contributed by atoms with E-state index in [2.05, 4.69) is 15.4 Å². The number of hydrogen-bond acceptors (Lipinski definition) is 3. The Labute approximate surface area is 91.1 Å². The number of aliphatic carboxylic acids is 1. The molecule has 6 heteroatoms. The lowest BCUT2D eigenvalue weighted by Crippen LogP contribution is -1.86. The predicted molar refractivity (Wildman–Crippen MR) is 56.8 cm³/mol. The highest BCUT2D eigenvalue weighted by atomic mass is 35.5. The number of aromatic nitrogens is 3. The van der Waals surface area contributed by atoms with Crippen molar-refractivity contribution in [2.75, 3.05) is 0 Å². The van der Waals surface area contributed by atoms with Crippen LogP contribution in [-0.4, -0.2) is 26.5 Å². The first-order chi connectivity index (χ1) is 7.13. The summed E-state index contributed by atoms with van der Waals surface area (Å²) in [6.07, 6.45) is 0.222. The van der Waals surface area contributed by atoms with Crippen LogP contribution in [0.2, 0.25) is 5.02 Å². The van der Waals surface area contributed by atoms with Gasteiger partial charge in [-0.15, -0.1) is 0 Å². The quantitative estimate of drug-likeness (QED) is 0.782. The Kier molecular flexibility index (Phi) is 4.05. The topological polar surface area (TPSA) is 78.9 Å². The lowest BCUT2D eigenvalue weighted by Gasteiger charge is -1.84. The lowest BCUT2D eigenvalue weighted by atomic mass is 10.3. The Balaban J connectivity index is 0.000000195. The largest absolute Gasteiger partial charge is 0.481 e. The number of aromatic amines is 1. The number of nitrogens with zero attached hydrogens (tertiary/aromatic N) is 2. The molecule has 1 aromatic heterocycles. The molecule has 0 radical (unpaired) electrons. The van der Waals surface area contributed by atoms with E-state index in [-0.39, 0.29) is 6.42 Å². The van der Waals surface area contributed by atoms with Crippen molar-refractivity contribution >= 4 is 28.6 Å². The molecule has 0 bridgehead atoms. The molecule has 5 nitrogen and oxygen atoms in total. The average Bonchev–Trinajstić information content (AvgIpc) is 2.65. The maximum absolute atomic E-state index is 9.37. The molecule has 2 aromatic rings. The molecule has 80 valence electrons. The molecule has 2 N–H and O–H groups in total. The van der Waals surface area contributed by atoms with Gasteiger partial charge < -0.3 is 5.11 Å². The summed E-state index contributed by atoms with van der Waals surface area (Å²) in [5, 5.41) is 18.6. The predicted octanol–water partition coefficient (Wildman–Crippen LogP) is 2.09. The summed E-state index contributed by atoms with van der Waals surface area (Å²) in [6.45, 7) is 1.60. The fraction of sp³-hybridized carbons (Fsp3) is 0.222. The second-order valence-corrected chi connectivity index (χ2v) is 3.14. The highest BCUT2D eigenvalue weighted by Crippen LogP contribution is 2.13. The number of nitrogens with one attached hydrogen (secondary N) is 1. The van der Waals surface area contributed by atoms with Crippen molar-refractivity contribution in [3.8, 4) is 0 Å². The molecule has 0 amide bonds. The Morgan fingerprint density at radius 2 is 2.07 bits per heavy atom. The number of rotatable bonds is 1. The van der Waals surface area contributed by atoms with E-state index in [1.54, 1.807) is 19.1 Å². The van der Waals surface area contributed by atoms with E-state index >= 15 is 0 Å². The minimum atomic E-state index is -0.745. The molecule has 0 atom stereocenters. The highest BCUT2D eigenvalue weighted by molar-refractivity contribution is 6.31. The number of hydrogen-bond donors (Lipinski definition) is 2. The van der Waals surface area contributed by atoms with E-state index in [9.17, 15) is 4.79 Å². The van der Waals surface area contributed by atoms with E-state index in [0.29, 0.717) is 5.02 Å². The maximum Gasteiger partial charge on any atom is 0.303 e. The molecule has 0 unspecified atom stereocenters. The van der Waals surface area contributed by atoms with Gasteiger partial charge in [-0.25, -0.2) is 0 Å². The van der Waals surface area contributed by atoms with Crippen LogP contribution in [0.5, 0.6) is 0 Å². The molecule has 0 spiro atoms. The molecule has 0 saturated carbocycles. The van der Waals surface area contributed by atoms with Crippen molar-refractivity contribution in [3.63, 3.8) is 0 Å². The van der Waals surface area contributed by atoms with Crippen LogP contribution in [0.25, 0.3) is 11.0 Å². The van der Waals surface area contributed by atoms with Crippen molar-refractivity contribution in [3.05, 3.63) is 23.2 Å².